The van der Waals surface area contributed by atoms with Crippen molar-refractivity contribution in [2.75, 3.05) is 0 Å². The second-order valence-corrected chi connectivity index (χ2v) is 10.4. The summed E-state index contributed by atoms with van der Waals surface area (Å²) in [5.41, 5.74) is 9.28. The van der Waals surface area contributed by atoms with Crippen LogP contribution in [0.1, 0.15) is 46.6 Å². The Morgan fingerprint density at radius 2 is 1.41 bits per heavy atom. The van der Waals surface area contributed by atoms with E-state index in [0.29, 0.717) is 5.92 Å². The zero-order chi connectivity index (χ0) is 26.8. The van der Waals surface area contributed by atoms with Crippen LogP contribution < -0.4 is 0 Å². The van der Waals surface area contributed by atoms with Gasteiger partial charge in [-0.1, -0.05) is 78.4 Å². The molecule has 1 heterocycles. The summed E-state index contributed by atoms with van der Waals surface area (Å²) in [4.78, 5) is 7.44. The number of fused-ring (bicyclic) bond motifs is 5. The van der Waals surface area contributed by atoms with E-state index in [1.807, 2.05) is 12.1 Å². The molecule has 6 aromatic rings. The van der Waals surface area contributed by atoms with Crippen LogP contribution in [0.15, 0.2) is 110 Å². The fourth-order valence-corrected chi connectivity index (χ4v) is 6.20. The Kier molecular flexibility index (Phi) is 6.89. The molecule has 1 aliphatic carbocycles. The molecule has 39 heavy (non-hydrogen) atoms. The standard InChI is InChI=1S/C32H27F.C4H4N2/c1-20-17-21(2)26-15-16-28-31-24(9-6-10-27(31)23-11-13-25(33)14-12-23)19-29(32(28)30(26)18-20)22-7-4-3-5-8-22;1-2-6-4-3-5-1/h3-5,7-8,11-19,27H,6,9-10H2,1-2H3;1-4H. The molecular weight excluding hydrogens is 479 g/mol. The largest absolute Gasteiger partial charge is 0.262 e. The maximum atomic E-state index is 13.7. The Morgan fingerprint density at radius 3 is 2.10 bits per heavy atom. The van der Waals surface area contributed by atoms with Crippen molar-refractivity contribution in [2.24, 2.45) is 0 Å². The first-order chi connectivity index (χ1) is 19.1. The molecule has 1 atom stereocenters. The van der Waals surface area contributed by atoms with Crippen LogP contribution in [0.25, 0.3) is 32.7 Å². The summed E-state index contributed by atoms with van der Waals surface area (Å²) in [6, 6.07) is 29.7. The summed E-state index contributed by atoms with van der Waals surface area (Å²) in [6.45, 7) is 4.40. The molecule has 0 radical (unpaired) electrons. The van der Waals surface area contributed by atoms with Crippen molar-refractivity contribution in [3.63, 3.8) is 0 Å². The van der Waals surface area contributed by atoms with E-state index in [9.17, 15) is 4.39 Å². The van der Waals surface area contributed by atoms with E-state index in [4.69, 9.17) is 0 Å². The van der Waals surface area contributed by atoms with Gasteiger partial charge < -0.3 is 0 Å². The normalized spacial score (nSPS) is 14.5. The monoisotopic (exact) mass is 510 g/mol. The van der Waals surface area contributed by atoms with Crippen LogP contribution in [0.4, 0.5) is 4.39 Å². The minimum Gasteiger partial charge on any atom is -0.262 e. The highest BCUT2D eigenvalue weighted by atomic mass is 19.1. The summed E-state index contributed by atoms with van der Waals surface area (Å²) in [5, 5.41) is 5.34. The van der Waals surface area contributed by atoms with E-state index in [1.165, 1.54) is 60.5 Å². The van der Waals surface area contributed by atoms with Crippen molar-refractivity contribution in [1.82, 2.24) is 9.97 Å². The Bertz CT molecular complexity index is 1720. The molecule has 1 aliphatic rings. The van der Waals surface area contributed by atoms with Crippen LogP contribution in [0.3, 0.4) is 0 Å². The fourth-order valence-electron chi connectivity index (χ4n) is 6.20. The molecule has 5 aromatic carbocycles. The number of halogens is 1. The van der Waals surface area contributed by atoms with Crippen LogP contribution >= 0.6 is 0 Å². The second-order valence-electron chi connectivity index (χ2n) is 10.4. The van der Waals surface area contributed by atoms with Gasteiger partial charge in [0.15, 0.2) is 0 Å². The predicted octanol–water partition coefficient (Wildman–Crippen LogP) is 9.36. The first-order valence-corrected chi connectivity index (χ1v) is 13.6. The van der Waals surface area contributed by atoms with E-state index in [0.717, 1.165) is 19.3 Å². The van der Waals surface area contributed by atoms with Gasteiger partial charge in [-0.2, -0.15) is 0 Å². The maximum Gasteiger partial charge on any atom is 0.123 e. The summed E-state index contributed by atoms with van der Waals surface area (Å²) in [5.74, 6) is 0.126. The van der Waals surface area contributed by atoms with Crippen LogP contribution in [0.5, 0.6) is 0 Å². The molecule has 0 aliphatic heterocycles. The molecule has 1 aromatic heterocycles. The van der Waals surface area contributed by atoms with E-state index in [2.05, 4.69) is 84.5 Å². The average Bonchev–Trinajstić information content (AvgIpc) is 2.98. The zero-order valence-electron chi connectivity index (χ0n) is 22.4. The van der Waals surface area contributed by atoms with Gasteiger partial charge in [0.2, 0.25) is 0 Å². The van der Waals surface area contributed by atoms with E-state index in [-0.39, 0.29) is 5.82 Å². The highest BCUT2D eigenvalue weighted by Crippen LogP contribution is 2.46. The second kappa shape index (κ2) is 10.8. The quantitative estimate of drug-likeness (QED) is 0.217. The summed E-state index contributed by atoms with van der Waals surface area (Å²) in [7, 11) is 0. The van der Waals surface area contributed by atoms with Crippen LogP contribution in [-0.4, -0.2) is 9.97 Å². The van der Waals surface area contributed by atoms with Crippen molar-refractivity contribution in [1.29, 1.82) is 0 Å². The van der Waals surface area contributed by atoms with Gasteiger partial charge >= 0.3 is 0 Å². The minimum absolute atomic E-state index is 0.170. The van der Waals surface area contributed by atoms with Gasteiger partial charge in [0.25, 0.3) is 0 Å². The number of benzene rings is 5. The van der Waals surface area contributed by atoms with Gasteiger partial charge in [-0.15, -0.1) is 0 Å². The van der Waals surface area contributed by atoms with Gasteiger partial charge in [0, 0.05) is 30.7 Å². The third-order valence-corrected chi connectivity index (χ3v) is 7.83. The molecule has 7 rings (SSSR count). The molecule has 1 unspecified atom stereocenters. The molecule has 0 spiro atoms. The van der Waals surface area contributed by atoms with Crippen LogP contribution in [-0.2, 0) is 6.42 Å². The SMILES string of the molecule is Cc1cc(C)c2ccc3c4c(cc(-c5ccccc5)c3c2c1)CCCC4c1ccc(F)cc1.c1cnccn1. The zero-order valence-corrected chi connectivity index (χ0v) is 22.4. The molecule has 0 N–H and O–H groups in total. The molecule has 0 saturated heterocycles. The van der Waals surface area contributed by atoms with Crippen molar-refractivity contribution in [2.45, 2.75) is 39.0 Å². The molecule has 192 valence electrons. The van der Waals surface area contributed by atoms with Gasteiger partial charge in [-0.3, -0.25) is 9.97 Å². The van der Waals surface area contributed by atoms with Gasteiger partial charge in [-0.05, 0) is 100 Å². The number of aryl methyl sites for hydroxylation is 3. The minimum atomic E-state index is -0.170. The summed E-state index contributed by atoms with van der Waals surface area (Å²) < 4.78 is 13.7. The van der Waals surface area contributed by atoms with Crippen molar-refractivity contribution in [3.05, 3.63) is 143 Å². The smallest absolute Gasteiger partial charge is 0.123 e. The predicted molar refractivity (Wildman–Crippen MR) is 160 cm³/mol. The van der Waals surface area contributed by atoms with Crippen molar-refractivity contribution < 1.29 is 4.39 Å². The Hall–Kier alpha value is -4.37. The third kappa shape index (κ3) is 4.93. The lowest BCUT2D eigenvalue weighted by atomic mass is 9.74. The molecule has 0 saturated carbocycles. The van der Waals surface area contributed by atoms with Gasteiger partial charge in [0.05, 0.1) is 0 Å². The molecule has 2 nitrogen and oxygen atoms in total. The lowest BCUT2D eigenvalue weighted by molar-refractivity contribution is 0.610. The first-order valence-electron chi connectivity index (χ1n) is 13.6. The lowest BCUT2D eigenvalue weighted by Gasteiger charge is -2.29. The number of hydrogen-bond acceptors (Lipinski definition) is 2. The van der Waals surface area contributed by atoms with Crippen LogP contribution in [0.2, 0.25) is 0 Å². The molecular formula is C36H31FN2. The topological polar surface area (TPSA) is 25.8 Å². The van der Waals surface area contributed by atoms with E-state index >= 15 is 0 Å². The number of aromatic nitrogens is 2. The Morgan fingerprint density at radius 1 is 0.718 bits per heavy atom. The summed E-state index contributed by atoms with van der Waals surface area (Å²) in [6.07, 6.45) is 9.90. The van der Waals surface area contributed by atoms with E-state index in [1.54, 1.807) is 36.9 Å². The Labute approximate surface area is 229 Å². The van der Waals surface area contributed by atoms with Gasteiger partial charge in [-0.25, -0.2) is 4.39 Å². The number of hydrogen-bond donors (Lipinski definition) is 0. The average molecular weight is 511 g/mol. The Balaban J connectivity index is 0.000000410. The highest BCUT2D eigenvalue weighted by molar-refractivity contribution is 6.16. The van der Waals surface area contributed by atoms with E-state index < -0.39 is 0 Å². The molecule has 0 amide bonds. The molecule has 0 bridgehead atoms. The first kappa shape index (κ1) is 24.9. The number of rotatable bonds is 2. The van der Waals surface area contributed by atoms with Crippen molar-refractivity contribution >= 4 is 21.5 Å². The highest BCUT2D eigenvalue weighted by Gasteiger charge is 2.26. The van der Waals surface area contributed by atoms with Crippen molar-refractivity contribution in [3.8, 4) is 11.1 Å². The molecule has 0 fully saturated rings. The number of nitrogens with zero attached hydrogens (tertiary/aromatic N) is 2. The van der Waals surface area contributed by atoms with Gasteiger partial charge in [0.1, 0.15) is 5.82 Å². The van der Waals surface area contributed by atoms with Crippen LogP contribution in [0, 0.1) is 19.7 Å². The fraction of sp³-hybridized carbons (Fsp3) is 0.167. The lowest BCUT2D eigenvalue weighted by Crippen LogP contribution is -2.12. The molecule has 3 heteroatoms. The third-order valence-electron chi connectivity index (χ3n) is 7.83. The maximum absolute atomic E-state index is 13.7. The summed E-state index contributed by atoms with van der Waals surface area (Å²) >= 11 is 0.